The minimum Gasteiger partial charge on any atom is -0.396 e. The standard InChI is InChI=1S/C9H17NO3/c11-5-9(6-13-7-9)4-10-2-1-8(12)3-10/h8,11-12H,1-7H2/t8-/m0/s1. The van der Waals surface area contributed by atoms with Crippen molar-refractivity contribution >= 4 is 0 Å². The van der Waals surface area contributed by atoms with Crippen LogP contribution >= 0.6 is 0 Å². The van der Waals surface area contributed by atoms with Crippen molar-refractivity contribution in [1.29, 1.82) is 0 Å². The summed E-state index contributed by atoms with van der Waals surface area (Å²) in [4.78, 5) is 2.21. The monoisotopic (exact) mass is 187 g/mol. The summed E-state index contributed by atoms with van der Waals surface area (Å²) < 4.78 is 5.12. The molecule has 0 unspecified atom stereocenters. The summed E-state index contributed by atoms with van der Waals surface area (Å²) in [6, 6.07) is 0. The number of likely N-dealkylation sites (tertiary alicyclic amines) is 1. The Balaban J connectivity index is 1.83. The topological polar surface area (TPSA) is 52.9 Å². The zero-order valence-corrected chi connectivity index (χ0v) is 7.78. The highest BCUT2D eigenvalue weighted by Crippen LogP contribution is 2.29. The highest BCUT2D eigenvalue weighted by Gasteiger charge is 2.40. The molecule has 1 atom stereocenters. The lowest BCUT2D eigenvalue weighted by Crippen LogP contribution is -2.53. The average molecular weight is 187 g/mol. The third kappa shape index (κ3) is 1.86. The zero-order valence-electron chi connectivity index (χ0n) is 7.78. The second kappa shape index (κ2) is 3.53. The molecule has 0 amide bonds. The van der Waals surface area contributed by atoms with Crippen molar-refractivity contribution in [3.05, 3.63) is 0 Å². The Hall–Kier alpha value is -0.160. The van der Waals surface area contributed by atoms with Gasteiger partial charge in [0, 0.05) is 19.6 Å². The van der Waals surface area contributed by atoms with E-state index < -0.39 is 0 Å². The SMILES string of the molecule is OCC1(CN2CC[C@H](O)C2)COC1. The van der Waals surface area contributed by atoms with Crippen LogP contribution in [0.3, 0.4) is 0 Å². The summed E-state index contributed by atoms with van der Waals surface area (Å²) in [5.41, 5.74) is -0.0376. The molecule has 2 N–H and O–H groups in total. The first-order valence-corrected chi connectivity index (χ1v) is 4.83. The Morgan fingerprint density at radius 1 is 1.46 bits per heavy atom. The molecule has 0 aromatic heterocycles. The average Bonchev–Trinajstić information content (AvgIpc) is 2.44. The van der Waals surface area contributed by atoms with Gasteiger partial charge >= 0.3 is 0 Å². The smallest absolute Gasteiger partial charge is 0.0679 e. The molecule has 2 fully saturated rings. The molecular weight excluding hydrogens is 170 g/mol. The van der Waals surface area contributed by atoms with Crippen LogP contribution in [0, 0.1) is 5.41 Å². The van der Waals surface area contributed by atoms with Crippen LogP contribution in [0.5, 0.6) is 0 Å². The molecule has 0 spiro atoms. The Bertz CT molecular complexity index is 176. The molecule has 4 nitrogen and oxygen atoms in total. The van der Waals surface area contributed by atoms with Crippen LogP contribution in [0.15, 0.2) is 0 Å². The zero-order chi connectivity index (χ0) is 9.31. The van der Waals surface area contributed by atoms with Crippen molar-refractivity contribution in [1.82, 2.24) is 4.90 Å². The summed E-state index contributed by atoms with van der Waals surface area (Å²) >= 11 is 0. The van der Waals surface area contributed by atoms with Crippen molar-refractivity contribution in [2.75, 3.05) is 39.5 Å². The number of hydrogen-bond acceptors (Lipinski definition) is 4. The molecule has 0 aliphatic carbocycles. The third-order valence-electron chi connectivity index (χ3n) is 2.96. The molecule has 0 saturated carbocycles. The van der Waals surface area contributed by atoms with E-state index in [0.717, 1.165) is 26.1 Å². The van der Waals surface area contributed by atoms with E-state index in [1.807, 2.05) is 0 Å². The summed E-state index contributed by atoms with van der Waals surface area (Å²) in [6.07, 6.45) is 0.694. The predicted octanol–water partition coefficient (Wildman–Crippen LogP) is -0.938. The Kier molecular flexibility index (Phi) is 2.55. The molecule has 0 aromatic carbocycles. The van der Waals surface area contributed by atoms with Gasteiger partial charge < -0.3 is 14.9 Å². The first kappa shape index (κ1) is 9.40. The fraction of sp³-hybridized carbons (Fsp3) is 1.00. The second-order valence-electron chi connectivity index (χ2n) is 4.33. The van der Waals surface area contributed by atoms with Gasteiger partial charge in [-0.3, -0.25) is 4.90 Å². The van der Waals surface area contributed by atoms with Gasteiger partial charge in [-0.1, -0.05) is 0 Å². The number of aliphatic hydroxyl groups excluding tert-OH is 2. The number of hydrogen-bond donors (Lipinski definition) is 2. The molecule has 0 aromatic rings. The van der Waals surface area contributed by atoms with Gasteiger partial charge in [0.25, 0.3) is 0 Å². The molecule has 4 heteroatoms. The lowest BCUT2D eigenvalue weighted by molar-refractivity contribution is -0.147. The fourth-order valence-electron chi connectivity index (χ4n) is 2.05. The van der Waals surface area contributed by atoms with Gasteiger partial charge in [0.15, 0.2) is 0 Å². The molecule has 2 aliphatic rings. The van der Waals surface area contributed by atoms with Gasteiger partial charge in [-0.05, 0) is 6.42 Å². The summed E-state index contributed by atoms with van der Waals surface area (Å²) in [5.74, 6) is 0. The van der Waals surface area contributed by atoms with E-state index in [4.69, 9.17) is 4.74 Å². The Labute approximate surface area is 78.1 Å². The van der Waals surface area contributed by atoms with Gasteiger partial charge in [0.05, 0.1) is 31.3 Å². The summed E-state index contributed by atoms with van der Waals surface area (Å²) in [7, 11) is 0. The van der Waals surface area contributed by atoms with E-state index in [-0.39, 0.29) is 18.1 Å². The lowest BCUT2D eigenvalue weighted by Gasteiger charge is -2.42. The molecule has 2 aliphatic heterocycles. The Morgan fingerprint density at radius 3 is 2.62 bits per heavy atom. The molecule has 76 valence electrons. The molecule has 13 heavy (non-hydrogen) atoms. The highest BCUT2D eigenvalue weighted by molar-refractivity contribution is 4.90. The van der Waals surface area contributed by atoms with Crippen LogP contribution < -0.4 is 0 Å². The van der Waals surface area contributed by atoms with Gasteiger partial charge in [-0.15, -0.1) is 0 Å². The van der Waals surface area contributed by atoms with Gasteiger partial charge in [-0.25, -0.2) is 0 Å². The van der Waals surface area contributed by atoms with E-state index in [1.54, 1.807) is 0 Å². The van der Waals surface area contributed by atoms with Crippen molar-refractivity contribution in [3.8, 4) is 0 Å². The van der Waals surface area contributed by atoms with E-state index in [2.05, 4.69) is 4.90 Å². The largest absolute Gasteiger partial charge is 0.396 e. The van der Waals surface area contributed by atoms with E-state index in [9.17, 15) is 10.2 Å². The predicted molar refractivity (Wildman–Crippen MR) is 47.4 cm³/mol. The molecular formula is C9H17NO3. The number of ether oxygens (including phenoxy) is 1. The number of aliphatic hydroxyl groups is 2. The minimum atomic E-state index is -0.170. The summed E-state index contributed by atoms with van der Waals surface area (Å²) in [6.45, 7) is 4.08. The minimum absolute atomic E-state index is 0.0376. The summed E-state index contributed by atoms with van der Waals surface area (Å²) in [5, 5.41) is 18.5. The molecule has 2 rings (SSSR count). The van der Waals surface area contributed by atoms with Crippen LogP contribution in [0.1, 0.15) is 6.42 Å². The Morgan fingerprint density at radius 2 is 2.23 bits per heavy atom. The maximum Gasteiger partial charge on any atom is 0.0679 e. The lowest BCUT2D eigenvalue weighted by atomic mass is 9.86. The number of β-amino-alcohol motifs (C(OH)–C–C–N with tert-alkyl or cyclic N) is 1. The molecule has 0 radical (unpaired) electrons. The van der Waals surface area contributed by atoms with Gasteiger partial charge in [0.1, 0.15) is 0 Å². The molecule has 0 bridgehead atoms. The van der Waals surface area contributed by atoms with Gasteiger partial charge in [0.2, 0.25) is 0 Å². The normalized spacial score (nSPS) is 33.2. The fourth-order valence-corrected chi connectivity index (χ4v) is 2.05. The van der Waals surface area contributed by atoms with Crippen LogP contribution in [0.25, 0.3) is 0 Å². The maximum atomic E-state index is 9.32. The van der Waals surface area contributed by atoms with Crippen molar-refractivity contribution in [2.24, 2.45) is 5.41 Å². The van der Waals surface area contributed by atoms with Gasteiger partial charge in [-0.2, -0.15) is 0 Å². The molecule has 2 saturated heterocycles. The second-order valence-corrected chi connectivity index (χ2v) is 4.33. The number of rotatable bonds is 3. The first-order chi connectivity index (χ1) is 6.24. The first-order valence-electron chi connectivity index (χ1n) is 4.83. The highest BCUT2D eigenvalue weighted by atomic mass is 16.5. The van der Waals surface area contributed by atoms with E-state index in [0.29, 0.717) is 13.2 Å². The van der Waals surface area contributed by atoms with Crippen LogP contribution in [-0.2, 0) is 4.74 Å². The van der Waals surface area contributed by atoms with Crippen LogP contribution in [0.2, 0.25) is 0 Å². The van der Waals surface area contributed by atoms with Crippen LogP contribution in [-0.4, -0.2) is 60.7 Å². The van der Waals surface area contributed by atoms with Crippen LogP contribution in [0.4, 0.5) is 0 Å². The quantitative estimate of drug-likeness (QED) is 0.599. The maximum absolute atomic E-state index is 9.32. The number of nitrogens with zero attached hydrogens (tertiary/aromatic N) is 1. The van der Waals surface area contributed by atoms with E-state index >= 15 is 0 Å². The van der Waals surface area contributed by atoms with Crippen molar-refractivity contribution in [2.45, 2.75) is 12.5 Å². The van der Waals surface area contributed by atoms with Crippen molar-refractivity contribution < 1.29 is 14.9 Å². The third-order valence-corrected chi connectivity index (χ3v) is 2.96. The van der Waals surface area contributed by atoms with E-state index in [1.165, 1.54) is 0 Å². The molecule has 2 heterocycles. The van der Waals surface area contributed by atoms with Crippen molar-refractivity contribution in [3.63, 3.8) is 0 Å².